The van der Waals surface area contributed by atoms with Gasteiger partial charge in [0, 0.05) is 0 Å². The van der Waals surface area contributed by atoms with Crippen LogP contribution in [0.4, 0.5) is 0 Å². The van der Waals surface area contributed by atoms with E-state index in [0.29, 0.717) is 41.4 Å². The first-order valence-electron chi connectivity index (χ1n) is 4.61. The first kappa shape index (κ1) is 8.28. The largest absolute Gasteiger partial charge is 0.484 e. The maximum Gasteiger partial charge on any atom is 0.188 e. The molecule has 0 saturated heterocycles. The highest BCUT2D eigenvalue weighted by Crippen LogP contribution is 2.35. The van der Waals surface area contributed by atoms with Gasteiger partial charge in [0.05, 0.1) is 17.4 Å². The van der Waals surface area contributed by atoms with E-state index < -0.39 is 0 Å². The van der Waals surface area contributed by atoms with Crippen molar-refractivity contribution >= 4 is 17.3 Å². The molecule has 2 aromatic rings. The first-order chi connectivity index (χ1) is 7.38. The van der Waals surface area contributed by atoms with E-state index >= 15 is 0 Å². The molecule has 0 aliphatic carbocycles. The molecule has 2 aromatic heterocycles. The van der Waals surface area contributed by atoms with Gasteiger partial charge in [-0.3, -0.25) is 9.78 Å². The highest BCUT2D eigenvalue weighted by atomic mass is 16.6. The van der Waals surface area contributed by atoms with Gasteiger partial charge in [0.1, 0.15) is 18.7 Å². The third kappa shape index (κ3) is 1.16. The number of hydrogen-bond donors (Lipinski definition) is 1. The predicted octanol–water partition coefficient (Wildman–Crippen LogP) is 1.15. The Morgan fingerprint density at radius 3 is 3.13 bits per heavy atom. The lowest BCUT2D eigenvalue weighted by molar-refractivity contribution is 0.111. The summed E-state index contributed by atoms with van der Waals surface area (Å²) in [5.74, 6) is 1.26. The molecule has 1 N–H and O–H groups in total. The summed E-state index contributed by atoms with van der Waals surface area (Å²) >= 11 is 0. The normalized spacial score (nSPS) is 14.1. The summed E-state index contributed by atoms with van der Waals surface area (Å²) in [5, 5.41) is 0. The minimum Gasteiger partial charge on any atom is -0.484 e. The first-order valence-corrected chi connectivity index (χ1v) is 4.61. The minimum atomic E-state index is 0.486. The minimum absolute atomic E-state index is 0.486. The van der Waals surface area contributed by atoms with Crippen molar-refractivity contribution in [2.75, 3.05) is 13.2 Å². The Morgan fingerprint density at radius 1 is 1.40 bits per heavy atom. The summed E-state index contributed by atoms with van der Waals surface area (Å²) < 4.78 is 10.9. The van der Waals surface area contributed by atoms with Gasteiger partial charge in [-0.1, -0.05) is 0 Å². The van der Waals surface area contributed by atoms with Crippen LogP contribution in [-0.2, 0) is 0 Å². The SMILES string of the molecule is O=Cc1cc2ncc3c(c2[nH]1)OCCO3. The molecule has 5 nitrogen and oxygen atoms in total. The number of fused-ring (bicyclic) bond motifs is 3. The summed E-state index contributed by atoms with van der Waals surface area (Å²) in [6.45, 7) is 1.04. The summed E-state index contributed by atoms with van der Waals surface area (Å²) in [7, 11) is 0. The van der Waals surface area contributed by atoms with Crippen molar-refractivity contribution in [3.8, 4) is 11.5 Å². The number of aromatic nitrogens is 2. The molecule has 5 heteroatoms. The fourth-order valence-corrected chi connectivity index (χ4v) is 1.65. The van der Waals surface area contributed by atoms with Gasteiger partial charge in [0.15, 0.2) is 17.8 Å². The van der Waals surface area contributed by atoms with Crippen LogP contribution in [0.5, 0.6) is 11.5 Å². The Bertz CT molecular complexity index is 533. The highest BCUT2D eigenvalue weighted by molar-refractivity contribution is 5.90. The van der Waals surface area contributed by atoms with E-state index in [1.807, 2.05) is 0 Å². The molecule has 0 saturated carbocycles. The lowest BCUT2D eigenvalue weighted by Gasteiger charge is -2.17. The van der Waals surface area contributed by atoms with Crippen molar-refractivity contribution in [3.63, 3.8) is 0 Å². The lowest BCUT2D eigenvalue weighted by atomic mass is 10.3. The zero-order chi connectivity index (χ0) is 10.3. The van der Waals surface area contributed by atoms with Crippen LogP contribution >= 0.6 is 0 Å². The number of carbonyl (C=O) groups excluding carboxylic acids is 1. The molecular weight excluding hydrogens is 196 g/mol. The predicted molar refractivity (Wildman–Crippen MR) is 52.5 cm³/mol. The Labute approximate surface area is 85.0 Å². The maximum atomic E-state index is 10.6. The maximum absolute atomic E-state index is 10.6. The second kappa shape index (κ2) is 2.98. The molecule has 0 spiro atoms. The Balaban J connectivity index is 2.30. The van der Waals surface area contributed by atoms with Gasteiger partial charge in [-0.15, -0.1) is 0 Å². The van der Waals surface area contributed by atoms with Crippen LogP contribution in [0.2, 0.25) is 0 Å². The van der Waals surface area contributed by atoms with E-state index in [1.165, 1.54) is 0 Å². The molecule has 15 heavy (non-hydrogen) atoms. The highest BCUT2D eigenvalue weighted by Gasteiger charge is 2.17. The third-order valence-electron chi connectivity index (χ3n) is 2.30. The molecular formula is C10H8N2O3. The number of H-pyrrole nitrogens is 1. The summed E-state index contributed by atoms with van der Waals surface area (Å²) in [4.78, 5) is 17.7. The number of aldehydes is 1. The standard InChI is InChI=1S/C10H8N2O3/c13-5-6-3-7-9(12-6)10-8(4-11-7)14-1-2-15-10/h3-5,12H,1-2H2. The van der Waals surface area contributed by atoms with E-state index in [2.05, 4.69) is 9.97 Å². The van der Waals surface area contributed by atoms with E-state index in [0.717, 1.165) is 6.29 Å². The quantitative estimate of drug-likeness (QED) is 0.707. The molecule has 76 valence electrons. The van der Waals surface area contributed by atoms with Crippen LogP contribution in [-0.4, -0.2) is 29.5 Å². The molecule has 1 aliphatic heterocycles. The molecule has 0 atom stereocenters. The number of ether oxygens (including phenoxy) is 2. The van der Waals surface area contributed by atoms with E-state index in [-0.39, 0.29) is 0 Å². The Hall–Kier alpha value is -2.04. The second-order valence-electron chi connectivity index (χ2n) is 3.25. The number of nitrogens with zero attached hydrogens (tertiary/aromatic N) is 1. The number of pyridine rings is 1. The van der Waals surface area contributed by atoms with E-state index in [4.69, 9.17) is 9.47 Å². The fraction of sp³-hybridized carbons (Fsp3) is 0.200. The van der Waals surface area contributed by atoms with Crippen LogP contribution in [0.1, 0.15) is 10.5 Å². The molecule has 0 radical (unpaired) electrons. The number of carbonyl (C=O) groups is 1. The Kier molecular flexibility index (Phi) is 1.65. The van der Waals surface area contributed by atoms with Crippen LogP contribution in [0, 0.1) is 0 Å². The third-order valence-corrected chi connectivity index (χ3v) is 2.30. The van der Waals surface area contributed by atoms with E-state index in [1.54, 1.807) is 12.3 Å². The van der Waals surface area contributed by atoms with Gasteiger partial charge in [-0.2, -0.15) is 0 Å². The molecule has 0 fully saturated rings. The summed E-state index contributed by atoms with van der Waals surface area (Å²) in [6, 6.07) is 1.68. The van der Waals surface area contributed by atoms with Crippen molar-refractivity contribution in [1.29, 1.82) is 0 Å². The molecule has 0 aromatic carbocycles. The van der Waals surface area contributed by atoms with Crippen molar-refractivity contribution in [2.45, 2.75) is 0 Å². The smallest absolute Gasteiger partial charge is 0.188 e. The number of hydrogen-bond acceptors (Lipinski definition) is 4. The van der Waals surface area contributed by atoms with Crippen molar-refractivity contribution < 1.29 is 14.3 Å². The average Bonchev–Trinajstić information content (AvgIpc) is 2.72. The monoisotopic (exact) mass is 204 g/mol. The molecule has 3 heterocycles. The number of aromatic amines is 1. The molecule has 0 unspecified atom stereocenters. The number of nitrogens with one attached hydrogen (secondary N) is 1. The fourth-order valence-electron chi connectivity index (χ4n) is 1.65. The van der Waals surface area contributed by atoms with Gasteiger partial charge in [0.25, 0.3) is 0 Å². The van der Waals surface area contributed by atoms with Gasteiger partial charge in [0.2, 0.25) is 0 Å². The van der Waals surface area contributed by atoms with E-state index in [9.17, 15) is 4.79 Å². The summed E-state index contributed by atoms with van der Waals surface area (Å²) in [5.41, 5.74) is 1.91. The van der Waals surface area contributed by atoms with Crippen LogP contribution in [0.3, 0.4) is 0 Å². The van der Waals surface area contributed by atoms with Crippen LogP contribution in [0.25, 0.3) is 11.0 Å². The van der Waals surface area contributed by atoms with Crippen LogP contribution in [0.15, 0.2) is 12.3 Å². The zero-order valence-electron chi connectivity index (χ0n) is 7.82. The van der Waals surface area contributed by atoms with Crippen LogP contribution < -0.4 is 9.47 Å². The number of rotatable bonds is 1. The summed E-state index contributed by atoms with van der Waals surface area (Å²) in [6.07, 6.45) is 2.36. The second-order valence-corrected chi connectivity index (χ2v) is 3.25. The van der Waals surface area contributed by atoms with Gasteiger partial charge in [-0.25, -0.2) is 0 Å². The van der Waals surface area contributed by atoms with Gasteiger partial charge >= 0.3 is 0 Å². The van der Waals surface area contributed by atoms with Crippen molar-refractivity contribution in [1.82, 2.24) is 9.97 Å². The molecule has 1 aliphatic rings. The molecule has 0 amide bonds. The lowest BCUT2D eigenvalue weighted by Crippen LogP contribution is -2.15. The zero-order valence-corrected chi connectivity index (χ0v) is 7.82. The average molecular weight is 204 g/mol. The molecule has 0 bridgehead atoms. The van der Waals surface area contributed by atoms with Gasteiger partial charge < -0.3 is 14.5 Å². The Morgan fingerprint density at radius 2 is 2.27 bits per heavy atom. The molecule has 3 rings (SSSR count). The van der Waals surface area contributed by atoms with Crippen molar-refractivity contribution in [3.05, 3.63) is 18.0 Å². The topological polar surface area (TPSA) is 64.2 Å². The van der Waals surface area contributed by atoms with Crippen molar-refractivity contribution in [2.24, 2.45) is 0 Å². The van der Waals surface area contributed by atoms with Gasteiger partial charge in [-0.05, 0) is 6.07 Å².